The highest BCUT2D eigenvalue weighted by atomic mass is 19.1. The lowest BCUT2D eigenvalue weighted by molar-refractivity contribution is 0.239. The van der Waals surface area contributed by atoms with Crippen molar-refractivity contribution in [3.05, 3.63) is 62.6 Å². The summed E-state index contributed by atoms with van der Waals surface area (Å²) >= 11 is 0. The van der Waals surface area contributed by atoms with E-state index >= 15 is 0 Å². The van der Waals surface area contributed by atoms with E-state index in [1.54, 1.807) is 13.0 Å². The second-order valence-corrected chi connectivity index (χ2v) is 7.76. The van der Waals surface area contributed by atoms with Gasteiger partial charge in [-0.15, -0.1) is 0 Å². The number of hydrogen-bond donors (Lipinski definition) is 1. The monoisotopic (exact) mass is 355 g/mol. The minimum Gasteiger partial charge on any atom is -0.310 e. The van der Waals surface area contributed by atoms with Crippen LogP contribution in [-0.4, -0.2) is 21.4 Å². The van der Waals surface area contributed by atoms with E-state index in [9.17, 15) is 9.18 Å². The quantitative estimate of drug-likeness (QED) is 0.910. The summed E-state index contributed by atoms with van der Waals surface area (Å²) in [4.78, 5) is 22.7. The average molecular weight is 355 g/mol. The molecule has 2 aliphatic rings. The van der Waals surface area contributed by atoms with Gasteiger partial charge < -0.3 is 4.98 Å². The molecule has 1 aliphatic carbocycles. The van der Waals surface area contributed by atoms with E-state index in [-0.39, 0.29) is 11.4 Å². The van der Waals surface area contributed by atoms with Crippen molar-refractivity contribution in [2.75, 3.05) is 6.54 Å². The maximum absolute atomic E-state index is 13.8. The Balaban J connectivity index is 1.54. The minimum absolute atomic E-state index is 0.0385. The standard InChI is InChI=1S/C21H26FN3O/c1-14-7-8-15(11-18(14)22)12-25-10-9-17-19(13-25)23-20(24-21(17)26)16-5-3-2-4-6-16/h7-8,11,16H,2-6,9-10,12-13H2,1H3,(H,23,24,26). The molecule has 1 fully saturated rings. The van der Waals surface area contributed by atoms with Crippen LogP contribution in [0.4, 0.5) is 4.39 Å². The van der Waals surface area contributed by atoms with Crippen LogP contribution in [0.15, 0.2) is 23.0 Å². The van der Waals surface area contributed by atoms with Crippen molar-refractivity contribution in [2.24, 2.45) is 0 Å². The van der Waals surface area contributed by atoms with Gasteiger partial charge in [-0.1, -0.05) is 31.4 Å². The molecule has 2 heterocycles. The third-order valence-corrected chi connectivity index (χ3v) is 5.81. The fourth-order valence-corrected chi connectivity index (χ4v) is 4.21. The Labute approximate surface area is 153 Å². The number of aromatic nitrogens is 2. The van der Waals surface area contributed by atoms with E-state index in [2.05, 4.69) is 9.88 Å². The molecule has 0 bridgehead atoms. The number of aryl methyl sites for hydroxylation is 1. The average Bonchev–Trinajstić information content (AvgIpc) is 2.65. The predicted molar refractivity (Wildman–Crippen MR) is 99.6 cm³/mol. The van der Waals surface area contributed by atoms with E-state index < -0.39 is 0 Å². The number of benzene rings is 1. The lowest BCUT2D eigenvalue weighted by Crippen LogP contribution is -2.35. The summed E-state index contributed by atoms with van der Waals surface area (Å²) in [6.07, 6.45) is 6.67. The first-order valence-electron chi connectivity index (χ1n) is 9.69. The molecule has 138 valence electrons. The highest BCUT2D eigenvalue weighted by molar-refractivity contribution is 5.25. The van der Waals surface area contributed by atoms with Crippen LogP contribution in [0.3, 0.4) is 0 Å². The third-order valence-electron chi connectivity index (χ3n) is 5.81. The molecule has 1 N–H and O–H groups in total. The van der Waals surface area contributed by atoms with E-state index in [4.69, 9.17) is 4.98 Å². The lowest BCUT2D eigenvalue weighted by Gasteiger charge is -2.29. The van der Waals surface area contributed by atoms with Crippen molar-refractivity contribution in [1.82, 2.24) is 14.9 Å². The summed E-state index contributed by atoms with van der Waals surface area (Å²) in [6.45, 7) is 3.92. The van der Waals surface area contributed by atoms with Gasteiger partial charge in [0.25, 0.3) is 5.56 Å². The molecule has 1 saturated carbocycles. The van der Waals surface area contributed by atoms with E-state index in [0.29, 0.717) is 31.0 Å². The number of H-pyrrole nitrogens is 1. The van der Waals surface area contributed by atoms with Gasteiger partial charge in [-0.05, 0) is 43.4 Å². The highest BCUT2D eigenvalue weighted by Crippen LogP contribution is 2.30. The maximum atomic E-state index is 13.8. The van der Waals surface area contributed by atoms with E-state index in [1.165, 1.54) is 19.3 Å². The summed E-state index contributed by atoms with van der Waals surface area (Å²) in [6, 6.07) is 5.42. The van der Waals surface area contributed by atoms with Gasteiger partial charge in [0.2, 0.25) is 0 Å². The molecule has 1 aromatic carbocycles. The first kappa shape index (κ1) is 17.4. The highest BCUT2D eigenvalue weighted by Gasteiger charge is 2.24. The molecule has 0 saturated heterocycles. The maximum Gasteiger partial charge on any atom is 0.254 e. The first-order chi connectivity index (χ1) is 12.6. The van der Waals surface area contributed by atoms with Crippen molar-refractivity contribution >= 4 is 0 Å². The van der Waals surface area contributed by atoms with Crippen molar-refractivity contribution in [2.45, 2.75) is 64.5 Å². The molecule has 2 aromatic rings. The smallest absolute Gasteiger partial charge is 0.254 e. The van der Waals surface area contributed by atoms with Crippen molar-refractivity contribution in [3.63, 3.8) is 0 Å². The molecule has 0 atom stereocenters. The Kier molecular flexibility index (Phi) is 4.90. The fraction of sp³-hybridized carbons (Fsp3) is 0.524. The van der Waals surface area contributed by atoms with Gasteiger partial charge in [-0.3, -0.25) is 9.69 Å². The minimum atomic E-state index is -0.158. The Hall–Kier alpha value is -2.01. The zero-order chi connectivity index (χ0) is 18.1. The van der Waals surface area contributed by atoms with Crippen LogP contribution in [0.25, 0.3) is 0 Å². The summed E-state index contributed by atoms with van der Waals surface area (Å²) in [5, 5.41) is 0. The number of fused-ring (bicyclic) bond motifs is 1. The second kappa shape index (κ2) is 7.31. The SMILES string of the molecule is Cc1ccc(CN2CCc3c(nc(C4CCCCC4)[nH]c3=O)C2)cc1F. The second-order valence-electron chi connectivity index (χ2n) is 7.76. The van der Waals surface area contributed by atoms with Crippen LogP contribution >= 0.6 is 0 Å². The summed E-state index contributed by atoms with van der Waals surface area (Å²) in [5.74, 6) is 1.11. The molecule has 0 unspecified atom stereocenters. The van der Waals surface area contributed by atoms with Gasteiger partial charge in [0.1, 0.15) is 11.6 Å². The normalized spacial score (nSPS) is 18.7. The zero-order valence-electron chi connectivity index (χ0n) is 15.4. The molecule has 0 radical (unpaired) electrons. The van der Waals surface area contributed by atoms with Crippen LogP contribution in [0.1, 0.15) is 66.2 Å². The topological polar surface area (TPSA) is 49.0 Å². The summed E-state index contributed by atoms with van der Waals surface area (Å²) in [5.41, 5.74) is 3.41. The van der Waals surface area contributed by atoms with Crippen LogP contribution in [0, 0.1) is 12.7 Å². The van der Waals surface area contributed by atoms with Gasteiger partial charge in [0.05, 0.1) is 5.69 Å². The number of hydrogen-bond acceptors (Lipinski definition) is 3. The van der Waals surface area contributed by atoms with Gasteiger partial charge in [-0.25, -0.2) is 9.37 Å². The van der Waals surface area contributed by atoms with Crippen LogP contribution in [0.5, 0.6) is 0 Å². The number of nitrogens with zero attached hydrogens (tertiary/aromatic N) is 2. The summed E-state index contributed by atoms with van der Waals surface area (Å²) in [7, 11) is 0. The van der Waals surface area contributed by atoms with Crippen LogP contribution in [0.2, 0.25) is 0 Å². The largest absolute Gasteiger partial charge is 0.310 e. The Morgan fingerprint density at radius 2 is 2.08 bits per heavy atom. The zero-order valence-corrected chi connectivity index (χ0v) is 15.4. The van der Waals surface area contributed by atoms with Crippen molar-refractivity contribution in [1.29, 1.82) is 0 Å². The molecular formula is C21H26FN3O. The molecule has 1 aromatic heterocycles. The Bertz CT molecular complexity index is 855. The fourth-order valence-electron chi connectivity index (χ4n) is 4.21. The molecule has 1 aliphatic heterocycles. The molecule has 4 rings (SSSR count). The molecular weight excluding hydrogens is 329 g/mol. The van der Waals surface area contributed by atoms with Crippen molar-refractivity contribution < 1.29 is 4.39 Å². The predicted octanol–water partition coefficient (Wildman–Crippen LogP) is 3.82. The number of nitrogens with one attached hydrogen (secondary N) is 1. The van der Waals surface area contributed by atoms with Gasteiger partial charge in [-0.2, -0.15) is 0 Å². The molecule has 5 heteroatoms. The molecule has 0 amide bonds. The molecule has 4 nitrogen and oxygen atoms in total. The molecule has 26 heavy (non-hydrogen) atoms. The number of aromatic amines is 1. The van der Waals surface area contributed by atoms with Crippen LogP contribution in [-0.2, 0) is 19.5 Å². The first-order valence-corrected chi connectivity index (χ1v) is 9.69. The van der Waals surface area contributed by atoms with E-state index in [1.807, 2.05) is 12.1 Å². The molecule has 0 spiro atoms. The Morgan fingerprint density at radius 1 is 1.27 bits per heavy atom. The third kappa shape index (κ3) is 3.58. The number of halogens is 1. The lowest BCUT2D eigenvalue weighted by atomic mass is 9.88. The van der Waals surface area contributed by atoms with Crippen molar-refractivity contribution in [3.8, 4) is 0 Å². The number of rotatable bonds is 3. The van der Waals surface area contributed by atoms with Gasteiger partial charge >= 0.3 is 0 Å². The van der Waals surface area contributed by atoms with Crippen LogP contribution < -0.4 is 5.56 Å². The van der Waals surface area contributed by atoms with Gasteiger partial charge in [0.15, 0.2) is 0 Å². The Morgan fingerprint density at radius 3 is 2.85 bits per heavy atom. The van der Waals surface area contributed by atoms with E-state index in [0.717, 1.165) is 42.0 Å². The van der Waals surface area contributed by atoms with Gasteiger partial charge in [0, 0.05) is 31.1 Å². The summed E-state index contributed by atoms with van der Waals surface area (Å²) < 4.78 is 13.8.